The van der Waals surface area contributed by atoms with Gasteiger partial charge in [-0.2, -0.15) is 5.26 Å². The van der Waals surface area contributed by atoms with Crippen molar-refractivity contribution in [2.75, 3.05) is 13.6 Å². The summed E-state index contributed by atoms with van der Waals surface area (Å²) in [5.41, 5.74) is 0.983. The topological polar surface area (TPSA) is 57.0 Å². The summed E-state index contributed by atoms with van der Waals surface area (Å²) in [5.74, 6) is -0.233. The van der Waals surface area contributed by atoms with Gasteiger partial charge in [0.25, 0.3) is 5.91 Å². The Hall–Kier alpha value is -2.12. The van der Waals surface area contributed by atoms with Crippen LogP contribution in [-0.4, -0.2) is 29.4 Å². The molecule has 0 radical (unpaired) electrons. The monoisotopic (exact) mass is 273 g/mol. The molecular weight excluding hydrogens is 262 g/mol. The molecular formula is C14H12ClN3O. The van der Waals surface area contributed by atoms with Gasteiger partial charge in [-0.3, -0.25) is 4.79 Å². The van der Waals surface area contributed by atoms with Gasteiger partial charge in [0.05, 0.1) is 23.0 Å². The second-order valence-electron chi connectivity index (χ2n) is 4.14. The van der Waals surface area contributed by atoms with E-state index in [1.54, 1.807) is 13.1 Å². The molecule has 5 heteroatoms. The second-order valence-corrected chi connectivity index (χ2v) is 4.55. The first-order chi connectivity index (χ1) is 9.13. The van der Waals surface area contributed by atoms with E-state index in [-0.39, 0.29) is 5.91 Å². The molecule has 0 aliphatic rings. The van der Waals surface area contributed by atoms with Gasteiger partial charge in [-0.05, 0) is 12.1 Å². The van der Waals surface area contributed by atoms with Gasteiger partial charge >= 0.3 is 0 Å². The molecule has 0 saturated carbocycles. The zero-order chi connectivity index (χ0) is 13.8. The molecule has 1 aromatic carbocycles. The summed E-state index contributed by atoms with van der Waals surface area (Å²) >= 11 is 6.15. The highest BCUT2D eigenvalue weighted by atomic mass is 35.5. The van der Waals surface area contributed by atoms with Crippen LogP contribution in [0.5, 0.6) is 0 Å². The Morgan fingerprint density at radius 3 is 2.95 bits per heavy atom. The predicted molar refractivity (Wildman–Crippen MR) is 73.9 cm³/mol. The lowest BCUT2D eigenvalue weighted by molar-refractivity contribution is 0.0792. The first-order valence-corrected chi connectivity index (χ1v) is 6.19. The molecule has 0 bridgehead atoms. The lowest BCUT2D eigenvalue weighted by Crippen LogP contribution is -2.28. The number of benzene rings is 1. The summed E-state index contributed by atoms with van der Waals surface area (Å²) in [6, 6.07) is 11.0. The third kappa shape index (κ3) is 2.83. The first-order valence-electron chi connectivity index (χ1n) is 5.81. The van der Waals surface area contributed by atoms with Crippen LogP contribution in [-0.2, 0) is 0 Å². The molecule has 0 N–H and O–H groups in total. The van der Waals surface area contributed by atoms with E-state index in [4.69, 9.17) is 16.9 Å². The fraction of sp³-hybridized carbons (Fsp3) is 0.214. The van der Waals surface area contributed by atoms with Crippen LogP contribution in [0.1, 0.15) is 16.9 Å². The van der Waals surface area contributed by atoms with Gasteiger partial charge < -0.3 is 4.90 Å². The van der Waals surface area contributed by atoms with E-state index in [1.807, 2.05) is 30.3 Å². The Labute approximate surface area is 116 Å². The Kier molecular flexibility index (Phi) is 3.98. The molecule has 2 rings (SSSR count). The molecule has 19 heavy (non-hydrogen) atoms. The fourth-order valence-corrected chi connectivity index (χ4v) is 2.02. The first kappa shape index (κ1) is 13.3. The fourth-order valence-electron chi connectivity index (χ4n) is 1.76. The van der Waals surface area contributed by atoms with Crippen LogP contribution < -0.4 is 0 Å². The molecule has 0 aliphatic heterocycles. The molecule has 2 aromatic rings. The summed E-state index contributed by atoms with van der Waals surface area (Å²) in [6.45, 7) is 0.376. The third-order valence-corrected chi connectivity index (χ3v) is 3.10. The highest BCUT2D eigenvalue weighted by Gasteiger charge is 2.15. The third-order valence-electron chi connectivity index (χ3n) is 2.79. The smallest absolute Gasteiger partial charge is 0.272 e. The molecule has 0 fully saturated rings. The van der Waals surface area contributed by atoms with Crippen molar-refractivity contribution in [3.63, 3.8) is 0 Å². The van der Waals surface area contributed by atoms with E-state index in [9.17, 15) is 4.79 Å². The molecule has 0 unspecified atom stereocenters. The number of hydrogen-bond donors (Lipinski definition) is 0. The second kappa shape index (κ2) is 5.68. The lowest BCUT2D eigenvalue weighted by atomic mass is 10.2. The predicted octanol–water partition coefficient (Wildman–Crippen LogP) is 2.87. The van der Waals surface area contributed by atoms with Gasteiger partial charge in [0.1, 0.15) is 5.69 Å². The Morgan fingerprint density at radius 1 is 1.47 bits per heavy atom. The highest BCUT2D eigenvalue weighted by molar-refractivity contribution is 6.35. The number of halogens is 1. The molecule has 96 valence electrons. The van der Waals surface area contributed by atoms with Crippen molar-refractivity contribution in [1.82, 2.24) is 9.88 Å². The maximum atomic E-state index is 12.1. The van der Waals surface area contributed by atoms with Gasteiger partial charge in [-0.15, -0.1) is 0 Å². The summed E-state index contributed by atoms with van der Waals surface area (Å²) in [6.07, 6.45) is 0.295. The van der Waals surface area contributed by atoms with Crippen molar-refractivity contribution in [3.05, 3.63) is 41.0 Å². The molecule has 1 amide bonds. The number of nitriles is 1. The molecule has 0 spiro atoms. The Balaban J connectivity index is 2.35. The molecule has 0 aliphatic carbocycles. The number of carbonyl (C=O) groups is 1. The number of hydrogen-bond acceptors (Lipinski definition) is 3. The highest BCUT2D eigenvalue weighted by Crippen LogP contribution is 2.23. The maximum absolute atomic E-state index is 12.1. The van der Waals surface area contributed by atoms with Crippen molar-refractivity contribution >= 4 is 28.4 Å². The van der Waals surface area contributed by atoms with E-state index >= 15 is 0 Å². The van der Waals surface area contributed by atoms with E-state index in [0.717, 1.165) is 5.39 Å². The van der Waals surface area contributed by atoms with Gasteiger partial charge in [0, 0.05) is 19.0 Å². The number of carbonyl (C=O) groups excluding carboxylic acids is 1. The summed E-state index contributed by atoms with van der Waals surface area (Å²) in [5, 5.41) is 9.85. The van der Waals surface area contributed by atoms with Crippen molar-refractivity contribution in [2.24, 2.45) is 0 Å². The Morgan fingerprint density at radius 2 is 2.21 bits per heavy atom. The number of nitrogens with zero attached hydrogens (tertiary/aromatic N) is 3. The molecule has 4 nitrogen and oxygen atoms in total. The van der Waals surface area contributed by atoms with Gasteiger partial charge in [0.15, 0.2) is 0 Å². The SMILES string of the molecule is CN(CCC#N)C(=O)c1cc(Cl)c2ccccc2n1. The molecule has 1 aromatic heterocycles. The van der Waals surface area contributed by atoms with Gasteiger partial charge in [0.2, 0.25) is 0 Å². The van der Waals surface area contributed by atoms with Crippen molar-refractivity contribution < 1.29 is 4.79 Å². The van der Waals surface area contributed by atoms with Crippen molar-refractivity contribution in [1.29, 1.82) is 5.26 Å². The number of aromatic nitrogens is 1. The van der Waals surface area contributed by atoms with E-state index in [1.165, 1.54) is 4.90 Å². The Bertz CT molecular complexity index is 663. The number of pyridine rings is 1. The van der Waals surface area contributed by atoms with Crippen LogP contribution in [0.15, 0.2) is 30.3 Å². The number of rotatable bonds is 3. The zero-order valence-corrected chi connectivity index (χ0v) is 11.2. The minimum absolute atomic E-state index is 0.233. The minimum atomic E-state index is -0.233. The summed E-state index contributed by atoms with van der Waals surface area (Å²) < 4.78 is 0. The zero-order valence-electron chi connectivity index (χ0n) is 10.4. The number of para-hydroxylation sites is 1. The summed E-state index contributed by atoms with van der Waals surface area (Å²) in [7, 11) is 1.64. The molecule has 1 heterocycles. The quantitative estimate of drug-likeness (QED) is 0.864. The molecule has 0 saturated heterocycles. The minimum Gasteiger partial charge on any atom is -0.339 e. The number of fused-ring (bicyclic) bond motifs is 1. The lowest BCUT2D eigenvalue weighted by Gasteiger charge is -2.15. The van der Waals surface area contributed by atoms with Crippen LogP contribution in [0.4, 0.5) is 0 Å². The standard InChI is InChI=1S/C14H12ClN3O/c1-18(8-4-7-16)14(19)13-9-11(15)10-5-2-3-6-12(10)17-13/h2-3,5-6,9H,4,8H2,1H3. The normalized spacial score (nSPS) is 10.2. The average Bonchev–Trinajstić information content (AvgIpc) is 2.43. The van der Waals surface area contributed by atoms with E-state index in [2.05, 4.69) is 4.98 Å². The van der Waals surface area contributed by atoms with Crippen LogP contribution in [0.3, 0.4) is 0 Å². The van der Waals surface area contributed by atoms with Crippen molar-refractivity contribution in [3.8, 4) is 6.07 Å². The van der Waals surface area contributed by atoms with E-state index < -0.39 is 0 Å². The van der Waals surface area contributed by atoms with Crippen LogP contribution in [0.2, 0.25) is 5.02 Å². The van der Waals surface area contributed by atoms with Crippen LogP contribution >= 0.6 is 11.6 Å². The molecule has 0 atom stereocenters. The number of amides is 1. The van der Waals surface area contributed by atoms with Crippen molar-refractivity contribution in [2.45, 2.75) is 6.42 Å². The van der Waals surface area contributed by atoms with Crippen LogP contribution in [0.25, 0.3) is 10.9 Å². The van der Waals surface area contributed by atoms with E-state index in [0.29, 0.717) is 29.2 Å². The largest absolute Gasteiger partial charge is 0.339 e. The average molecular weight is 274 g/mol. The van der Waals surface area contributed by atoms with Gasteiger partial charge in [-0.1, -0.05) is 29.8 Å². The summed E-state index contributed by atoms with van der Waals surface area (Å²) in [4.78, 5) is 17.9. The van der Waals surface area contributed by atoms with Gasteiger partial charge in [-0.25, -0.2) is 4.98 Å². The van der Waals surface area contributed by atoms with Crippen LogP contribution in [0, 0.1) is 11.3 Å². The maximum Gasteiger partial charge on any atom is 0.272 e.